The highest BCUT2D eigenvalue weighted by Crippen LogP contribution is 2.18. The molecule has 0 spiro atoms. The van der Waals surface area contributed by atoms with Crippen LogP contribution in [0.3, 0.4) is 0 Å². The van der Waals surface area contributed by atoms with E-state index in [9.17, 15) is 0 Å². The molecule has 1 aromatic rings. The Morgan fingerprint density at radius 3 is 3.40 bits per heavy atom. The average molecular weight is 135 g/mol. The highest BCUT2D eigenvalue weighted by Gasteiger charge is 2.07. The standard InChI is InChI=1S/C7H9N3/c1-5-2-3-6-4-8-10-7(6)9-5/h2,4H,3H2,1H3,(H2,8,9,10). The maximum Gasteiger partial charge on any atom is 0.129 e. The number of nitrogens with one attached hydrogen (secondary N) is 2. The number of aromatic amines is 1. The number of allylic oxidation sites excluding steroid dienone is 2. The summed E-state index contributed by atoms with van der Waals surface area (Å²) in [5, 5.41) is 9.99. The van der Waals surface area contributed by atoms with Crippen molar-refractivity contribution in [3.05, 3.63) is 23.5 Å². The first-order chi connectivity index (χ1) is 4.86. The van der Waals surface area contributed by atoms with Gasteiger partial charge in [-0.15, -0.1) is 0 Å². The Balaban J connectivity index is 2.39. The molecule has 2 heterocycles. The fourth-order valence-electron chi connectivity index (χ4n) is 1.09. The summed E-state index contributed by atoms with van der Waals surface area (Å²) in [5.41, 5.74) is 2.43. The van der Waals surface area contributed by atoms with Crippen molar-refractivity contribution in [3.8, 4) is 0 Å². The zero-order valence-electron chi connectivity index (χ0n) is 5.81. The van der Waals surface area contributed by atoms with E-state index in [4.69, 9.17) is 0 Å². The van der Waals surface area contributed by atoms with Gasteiger partial charge in [0.2, 0.25) is 0 Å². The van der Waals surface area contributed by atoms with E-state index in [-0.39, 0.29) is 0 Å². The van der Waals surface area contributed by atoms with Gasteiger partial charge in [0, 0.05) is 11.3 Å². The predicted octanol–water partition coefficient (Wildman–Crippen LogP) is 1.28. The van der Waals surface area contributed by atoms with E-state index in [0.29, 0.717) is 0 Å². The summed E-state index contributed by atoms with van der Waals surface area (Å²) in [6.07, 6.45) is 4.99. The van der Waals surface area contributed by atoms with Crippen molar-refractivity contribution in [1.82, 2.24) is 10.2 Å². The van der Waals surface area contributed by atoms with Crippen molar-refractivity contribution < 1.29 is 0 Å². The molecule has 3 nitrogen and oxygen atoms in total. The number of rotatable bonds is 0. The number of nitrogens with zero attached hydrogens (tertiary/aromatic N) is 1. The Kier molecular flexibility index (Phi) is 1.03. The lowest BCUT2D eigenvalue weighted by atomic mass is 10.1. The second kappa shape index (κ2) is 1.87. The van der Waals surface area contributed by atoms with Crippen molar-refractivity contribution in [2.24, 2.45) is 0 Å². The van der Waals surface area contributed by atoms with Gasteiger partial charge in [-0.2, -0.15) is 5.10 Å². The second-order valence-corrected chi connectivity index (χ2v) is 2.49. The molecule has 2 N–H and O–H groups in total. The Hall–Kier alpha value is -1.25. The molecule has 0 radical (unpaired) electrons. The highest BCUT2D eigenvalue weighted by atomic mass is 15.2. The average Bonchev–Trinajstić information content (AvgIpc) is 2.33. The summed E-state index contributed by atoms with van der Waals surface area (Å²) in [4.78, 5) is 0. The van der Waals surface area contributed by atoms with E-state index in [1.807, 2.05) is 13.1 Å². The van der Waals surface area contributed by atoms with Gasteiger partial charge >= 0.3 is 0 Å². The molecule has 0 aliphatic carbocycles. The molecule has 1 aliphatic rings. The topological polar surface area (TPSA) is 40.7 Å². The van der Waals surface area contributed by atoms with Crippen molar-refractivity contribution in [2.45, 2.75) is 13.3 Å². The molecule has 0 saturated heterocycles. The van der Waals surface area contributed by atoms with Crippen molar-refractivity contribution in [1.29, 1.82) is 0 Å². The van der Waals surface area contributed by atoms with E-state index in [2.05, 4.69) is 21.6 Å². The molecule has 0 saturated carbocycles. The fraction of sp³-hybridized carbons (Fsp3) is 0.286. The summed E-state index contributed by atoms with van der Waals surface area (Å²) >= 11 is 0. The van der Waals surface area contributed by atoms with Crippen LogP contribution in [0.5, 0.6) is 0 Å². The second-order valence-electron chi connectivity index (χ2n) is 2.49. The Morgan fingerprint density at radius 2 is 2.50 bits per heavy atom. The third-order valence-electron chi connectivity index (χ3n) is 1.67. The van der Waals surface area contributed by atoms with Crippen LogP contribution in [-0.2, 0) is 6.42 Å². The summed E-state index contributed by atoms with van der Waals surface area (Å²) < 4.78 is 0. The minimum Gasteiger partial charge on any atom is -0.345 e. The summed E-state index contributed by atoms with van der Waals surface area (Å²) in [7, 11) is 0. The molecule has 3 heteroatoms. The third-order valence-corrected chi connectivity index (χ3v) is 1.67. The predicted molar refractivity (Wildman–Crippen MR) is 39.7 cm³/mol. The van der Waals surface area contributed by atoms with Gasteiger partial charge in [0.05, 0.1) is 6.20 Å². The van der Waals surface area contributed by atoms with E-state index in [1.165, 1.54) is 11.3 Å². The Bertz CT molecular complexity index is 272. The normalized spacial score (nSPS) is 15.5. The van der Waals surface area contributed by atoms with Gasteiger partial charge in [0.15, 0.2) is 0 Å². The van der Waals surface area contributed by atoms with E-state index in [0.717, 1.165) is 12.2 Å². The molecule has 52 valence electrons. The largest absolute Gasteiger partial charge is 0.345 e. The van der Waals surface area contributed by atoms with Gasteiger partial charge in [0.1, 0.15) is 5.82 Å². The number of anilines is 1. The first-order valence-electron chi connectivity index (χ1n) is 3.32. The van der Waals surface area contributed by atoms with Crippen LogP contribution >= 0.6 is 0 Å². The maximum absolute atomic E-state index is 3.92. The van der Waals surface area contributed by atoms with Gasteiger partial charge in [-0.25, -0.2) is 0 Å². The molecule has 0 unspecified atom stereocenters. The molecule has 0 aromatic carbocycles. The lowest BCUT2D eigenvalue weighted by molar-refractivity contribution is 1.08. The molecule has 10 heavy (non-hydrogen) atoms. The van der Waals surface area contributed by atoms with Gasteiger partial charge in [0.25, 0.3) is 0 Å². The fourth-order valence-corrected chi connectivity index (χ4v) is 1.09. The zero-order chi connectivity index (χ0) is 6.97. The van der Waals surface area contributed by atoms with Crippen molar-refractivity contribution >= 4 is 5.82 Å². The molecular weight excluding hydrogens is 126 g/mol. The molecular formula is C7H9N3. The molecule has 0 bridgehead atoms. The van der Waals surface area contributed by atoms with Gasteiger partial charge in [-0.1, -0.05) is 6.08 Å². The van der Waals surface area contributed by atoms with E-state index in [1.54, 1.807) is 0 Å². The third kappa shape index (κ3) is 0.708. The lowest BCUT2D eigenvalue weighted by Crippen LogP contribution is -2.03. The summed E-state index contributed by atoms with van der Waals surface area (Å²) in [6.45, 7) is 2.05. The molecule has 0 amide bonds. The molecule has 1 aliphatic heterocycles. The quantitative estimate of drug-likeness (QED) is 0.562. The SMILES string of the molecule is CC1=CCc2cn[nH]c2N1. The van der Waals surface area contributed by atoms with Gasteiger partial charge in [-0.05, 0) is 13.3 Å². The summed E-state index contributed by atoms with van der Waals surface area (Å²) in [5.74, 6) is 1.04. The Morgan fingerprint density at radius 1 is 1.60 bits per heavy atom. The molecule has 0 atom stereocenters. The Labute approximate surface area is 59.1 Å². The van der Waals surface area contributed by atoms with Crippen molar-refractivity contribution in [3.63, 3.8) is 0 Å². The van der Waals surface area contributed by atoms with Gasteiger partial charge in [-0.3, -0.25) is 5.10 Å². The van der Waals surface area contributed by atoms with E-state index >= 15 is 0 Å². The number of H-pyrrole nitrogens is 1. The lowest BCUT2D eigenvalue weighted by Gasteiger charge is -2.10. The van der Waals surface area contributed by atoms with Crippen molar-refractivity contribution in [2.75, 3.05) is 5.32 Å². The number of aromatic nitrogens is 2. The number of fused-ring (bicyclic) bond motifs is 1. The van der Waals surface area contributed by atoms with Crippen LogP contribution in [0.25, 0.3) is 0 Å². The van der Waals surface area contributed by atoms with Crippen LogP contribution in [0.4, 0.5) is 5.82 Å². The van der Waals surface area contributed by atoms with Gasteiger partial charge < -0.3 is 5.32 Å². The van der Waals surface area contributed by atoms with Crippen LogP contribution in [0.1, 0.15) is 12.5 Å². The maximum atomic E-state index is 3.92. The minimum atomic E-state index is 0.991. The minimum absolute atomic E-state index is 0.991. The monoisotopic (exact) mass is 135 g/mol. The molecule has 1 aromatic heterocycles. The van der Waals surface area contributed by atoms with Crippen LogP contribution in [0.15, 0.2) is 18.0 Å². The molecule has 0 fully saturated rings. The zero-order valence-corrected chi connectivity index (χ0v) is 5.81. The number of hydrogen-bond donors (Lipinski definition) is 2. The van der Waals surface area contributed by atoms with Crippen LogP contribution in [0.2, 0.25) is 0 Å². The van der Waals surface area contributed by atoms with Crippen LogP contribution in [-0.4, -0.2) is 10.2 Å². The highest BCUT2D eigenvalue weighted by molar-refractivity contribution is 5.51. The first kappa shape index (κ1) is 5.53. The van der Waals surface area contributed by atoms with E-state index < -0.39 is 0 Å². The molecule has 2 rings (SSSR count). The summed E-state index contributed by atoms with van der Waals surface area (Å²) in [6, 6.07) is 0. The first-order valence-corrected chi connectivity index (χ1v) is 3.32. The number of hydrogen-bond acceptors (Lipinski definition) is 2. The van der Waals surface area contributed by atoms with Crippen LogP contribution < -0.4 is 5.32 Å². The smallest absolute Gasteiger partial charge is 0.129 e. The van der Waals surface area contributed by atoms with Crippen LogP contribution in [0, 0.1) is 0 Å².